The van der Waals surface area contributed by atoms with Crippen LogP contribution in [0.1, 0.15) is 48.6 Å². The number of hydrogen-bond acceptors (Lipinski definition) is 4. The highest BCUT2D eigenvalue weighted by Crippen LogP contribution is 2.36. The van der Waals surface area contributed by atoms with Crippen molar-refractivity contribution in [2.45, 2.75) is 44.2 Å². The minimum atomic E-state index is -0.747. The number of likely N-dealkylation sites (tertiary alicyclic amines) is 1. The van der Waals surface area contributed by atoms with Gasteiger partial charge in [0.2, 0.25) is 0 Å². The molecule has 3 aliphatic rings. The summed E-state index contributed by atoms with van der Waals surface area (Å²) in [4.78, 5) is 31.2. The Morgan fingerprint density at radius 3 is 2.54 bits per heavy atom. The topological polar surface area (TPSA) is 69.0 Å². The molecule has 0 bridgehead atoms. The number of likely N-dealkylation sites (N-methyl/N-ethyl adjacent to an activating group) is 1. The van der Waals surface area contributed by atoms with Crippen LogP contribution < -0.4 is 0 Å². The maximum Gasteiger partial charge on any atom is 0.303 e. The molecule has 7 nitrogen and oxygen atoms in total. The molecule has 7 heteroatoms. The van der Waals surface area contributed by atoms with E-state index in [1.165, 1.54) is 0 Å². The summed E-state index contributed by atoms with van der Waals surface area (Å²) in [5.74, 6) is -0.418. The molecule has 2 atom stereocenters. The molecule has 4 rings (SSSR count). The van der Waals surface area contributed by atoms with Crippen LogP contribution >= 0.6 is 0 Å². The Balaban J connectivity index is 1.45. The van der Waals surface area contributed by atoms with Crippen LogP contribution in [0, 0.1) is 5.92 Å². The van der Waals surface area contributed by atoms with Crippen LogP contribution in [0.4, 0.5) is 0 Å². The van der Waals surface area contributed by atoms with Gasteiger partial charge in [-0.05, 0) is 50.8 Å². The van der Waals surface area contributed by atoms with Gasteiger partial charge in [-0.15, -0.1) is 0 Å². The largest absolute Gasteiger partial charge is 0.481 e. The number of hydrogen-bond donors (Lipinski definition) is 1. The first-order chi connectivity index (χ1) is 13.5. The van der Waals surface area contributed by atoms with Crippen molar-refractivity contribution in [3.8, 4) is 0 Å². The van der Waals surface area contributed by atoms with E-state index in [1.54, 1.807) is 0 Å². The monoisotopic (exact) mass is 388 g/mol. The molecule has 154 valence electrons. The van der Waals surface area contributed by atoms with Crippen LogP contribution in [-0.4, -0.2) is 88.6 Å². The second-order valence-electron chi connectivity index (χ2n) is 8.67. The Bertz CT molecular complexity index is 706. The van der Waals surface area contributed by atoms with Gasteiger partial charge in [0.1, 0.15) is 5.69 Å². The summed E-state index contributed by atoms with van der Waals surface area (Å²) in [5, 5.41) is 9.20. The molecule has 2 saturated heterocycles. The first kappa shape index (κ1) is 19.5. The number of nitrogens with zero attached hydrogens (tertiary/aromatic N) is 4. The van der Waals surface area contributed by atoms with E-state index in [9.17, 15) is 14.7 Å². The number of amides is 1. The quantitative estimate of drug-likeness (QED) is 0.804. The van der Waals surface area contributed by atoms with Crippen LogP contribution in [0.25, 0.3) is 0 Å². The number of aliphatic carboxylic acids is 1. The van der Waals surface area contributed by atoms with Crippen molar-refractivity contribution >= 4 is 11.9 Å². The Morgan fingerprint density at radius 1 is 1.11 bits per heavy atom. The van der Waals surface area contributed by atoms with Crippen LogP contribution in [0.3, 0.4) is 0 Å². The maximum atomic E-state index is 13.2. The van der Waals surface area contributed by atoms with E-state index in [4.69, 9.17) is 0 Å². The van der Waals surface area contributed by atoms with E-state index in [0.29, 0.717) is 25.0 Å². The number of rotatable bonds is 6. The Hall–Kier alpha value is -1.86. The first-order valence-electron chi connectivity index (χ1n) is 10.6. The van der Waals surface area contributed by atoms with E-state index in [0.717, 1.165) is 57.7 Å². The van der Waals surface area contributed by atoms with Crippen molar-refractivity contribution in [1.29, 1.82) is 0 Å². The fourth-order valence-corrected chi connectivity index (χ4v) is 4.84. The average molecular weight is 389 g/mol. The third-order valence-corrected chi connectivity index (χ3v) is 6.66. The fraction of sp³-hybridized carbons (Fsp3) is 0.714. The molecule has 1 amide bonds. The molecule has 1 aliphatic carbocycles. The molecule has 0 radical (unpaired) electrons. The van der Waals surface area contributed by atoms with Crippen molar-refractivity contribution in [2.75, 3.05) is 46.3 Å². The zero-order chi connectivity index (χ0) is 19.7. The summed E-state index contributed by atoms with van der Waals surface area (Å²) < 4.78 is 2.13. The molecule has 28 heavy (non-hydrogen) atoms. The number of carbonyl (C=O) groups excluding carboxylic acids is 1. The summed E-state index contributed by atoms with van der Waals surface area (Å²) in [7, 11) is 2.15. The molecular formula is C21H32N4O3. The molecule has 1 saturated carbocycles. The van der Waals surface area contributed by atoms with Gasteiger partial charge < -0.3 is 19.5 Å². The second-order valence-corrected chi connectivity index (χ2v) is 8.67. The molecule has 1 aromatic heterocycles. The van der Waals surface area contributed by atoms with Gasteiger partial charge in [0.05, 0.1) is 0 Å². The Kier molecular flexibility index (Phi) is 5.73. The molecule has 0 aromatic carbocycles. The minimum absolute atomic E-state index is 0.106. The zero-order valence-electron chi connectivity index (χ0n) is 16.8. The lowest BCUT2D eigenvalue weighted by Crippen LogP contribution is -2.57. The highest BCUT2D eigenvalue weighted by atomic mass is 16.4. The van der Waals surface area contributed by atoms with Crippen molar-refractivity contribution in [3.05, 3.63) is 24.0 Å². The zero-order valence-corrected chi connectivity index (χ0v) is 16.8. The fourth-order valence-electron chi connectivity index (χ4n) is 4.84. The van der Waals surface area contributed by atoms with Crippen LogP contribution in [-0.2, 0) is 4.79 Å². The predicted molar refractivity (Wildman–Crippen MR) is 106 cm³/mol. The van der Waals surface area contributed by atoms with Crippen LogP contribution in [0.2, 0.25) is 0 Å². The number of aromatic nitrogens is 1. The molecule has 0 spiro atoms. The highest BCUT2D eigenvalue weighted by Gasteiger charge is 2.37. The van der Waals surface area contributed by atoms with Gasteiger partial charge in [-0.1, -0.05) is 0 Å². The smallest absolute Gasteiger partial charge is 0.303 e. The first-order valence-corrected chi connectivity index (χ1v) is 10.6. The molecular weight excluding hydrogens is 356 g/mol. The van der Waals surface area contributed by atoms with Crippen LogP contribution in [0.15, 0.2) is 18.3 Å². The third-order valence-electron chi connectivity index (χ3n) is 6.66. The van der Waals surface area contributed by atoms with Gasteiger partial charge >= 0.3 is 5.97 Å². The van der Waals surface area contributed by atoms with Crippen molar-refractivity contribution < 1.29 is 14.7 Å². The van der Waals surface area contributed by atoms with Gasteiger partial charge in [-0.2, -0.15) is 0 Å². The molecule has 0 unspecified atom stereocenters. The second kappa shape index (κ2) is 8.25. The number of piperazine rings is 1. The highest BCUT2D eigenvalue weighted by molar-refractivity contribution is 5.93. The van der Waals surface area contributed by atoms with E-state index < -0.39 is 5.97 Å². The lowest BCUT2D eigenvalue weighted by Gasteiger charge is -2.46. The van der Waals surface area contributed by atoms with Crippen LogP contribution in [0.5, 0.6) is 0 Å². The predicted octanol–water partition coefficient (Wildman–Crippen LogP) is 1.77. The van der Waals surface area contributed by atoms with Crippen molar-refractivity contribution in [1.82, 2.24) is 19.3 Å². The summed E-state index contributed by atoms with van der Waals surface area (Å²) in [6, 6.07) is 4.76. The normalized spacial score (nSPS) is 27.1. The molecule has 1 N–H and O–H groups in total. The minimum Gasteiger partial charge on any atom is -0.481 e. The Morgan fingerprint density at radius 2 is 1.86 bits per heavy atom. The van der Waals surface area contributed by atoms with E-state index in [2.05, 4.69) is 21.4 Å². The van der Waals surface area contributed by atoms with E-state index >= 15 is 0 Å². The Labute approximate surface area is 166 Å². The molecule has 2 aliphatic heterocycles. The van der Waals surface area contributed by atoms with Gasteiger partial charge in [-0.3, -0.25) is 14.5 Å². The molecule has 3 heterocycles. The standard InChI is InChI=1S/C21H32N4O3/c1-22-11-13-23(14-12-22)18-8-10-24(15-16(18)4-7-20(26)27)21(28)19-3-2-9-25(19)17-5-6-17/h2-3,9,16-18H,4-8,10-15H2,1H3,(H,26,27)/t16-,18+/m0/s1. The van der Waals surface area contributed by atoms with Gasteiger partial charge in [0, 0.05) is 64.0 Å². The third kappa shape index (κ3) is 4.25. The SMILES string of the molecule is CN1CCN([C@@H]2CCN(C(=O)c3cccn3C3CC3)C[C@@H]2CCC(=O)O)CC1. The number of carbonyl (C=O) groups is 2. The van der Waals surface area contributed by atoms with E-state index in [1.807, 2.05) is 23.2 Å². The number of carboxylic acids is 1. The van der Waals surface area contributed by atoms with E-state index in [-0.39, 0.29) is 18.2 Å². The van der Waals surface area contributed by atoms with Gasteiger partial charge in [-0.25, -0.2) is 0 Å². The van der Waals surface area contributed by atoms with Gasteiger partial charge in [0.25, 0.3) is 5.91 Å². The average Bonchev–Trinajstić information content (AvgIpc) is 3.42. The summed E-state index contributed by atoms with van der Waals surface area (Å²) >= 11 is 0. The number of piperidine rings is 1. The summed E-state index contributed by atoms with van der Waals surface area (Å²) in [6.07, 6.45) is 6.08. The summed E-state index contributed by atoms with van der Waals surface area (Å²) in [5.41, 5.74) is 0.789. The maximum absolute atomic E-state index is 13.2. The molecule has 3 fully saturated rings. The van der Waals surface area contributed by atoms with Gasteiger partial charge in [0.15, 0.2) is 0 Å². The van der Waals surface area contributed by atoms with Crippen molar-refractivity contribution in [2.24, 2.45) is 5.92 Å². The lowest BCUT2D eigenvalue weighted by molar-refractivity contribution is -0.137. The number of carboxylic acid groups (broad SMARTS) is 1. The van der Waals surface area contributed by atoms with Crippen molar-refractivity contribution in [3.63, 3.8) is 0 Å². The molecule has 1 aromatic rings. The summed E-state index contributed by atoms with van der Waals surface area (Å²) in [6.45, 7) is 5.60. The lowest BCUT2D eigenvalue weighted by atomic mass is 9.86.